The van der Waals surface area contributed by atoms with Gasteiger partial charge in [0.15, 0.2) is 0 Å². The Labute approximate surface area is 149 Å². The fourth-order valence-corrected chi connectivity index (χ4v) is 3.11. The molecule has 5 amide bonds. The van der Waals surface area contributed by atoms with Gasteiger partial charge in [0.1, 0.15) is 12.4 Å². The van der Waals surface area contributed by atoms with Crippen LogP contribution in [0.4, 0.5) is 14.9 Å². The van der Waals surface area contributed by atoms with Gasteiger partial charge in [0.05, 0.1) is 5.69 Å². The molecule has 3 rings (SSSR count). The van der Waals surface area contributed by atoms with E-state index >= 15 is 0 Å². The van der Waals surface area contributed by atoms with Gasteiger partial charge in [-0.15, -0.1) is 0 Å². The highest BCUT2D eigenvalue weighted by Crippen LogP contribution is 2.20. The molecular weight excluding hydrogens is 343 g/mol. The monoisotopic (exact) mass is 362 g/mol. The second kappa shape index (κ2) is 7.11. The third-order valence-corrected chi connectivity index (χ3v) is 4.57. The Bertz CT molecular complexity index is 761. The molecule has 1 aromatic rings. The molecule has 138 valence electrons. The molecular formula is C17H19FN4O4. The second-order valence-corrected chi connectivity index (χ2v) is 6.04. The standard InChI is InChI=1S/C17H19FN4O4/c1-2-21-15(24)16(25)22(17(21)26)11-14(23)20-9-7-19(8-10-20)13-6-4-3-5-12(13)18/h3-6H,2,7-11H2,1H3. The van der Waals surface area contributed by atoms with Crippen molar-refractivity contribution in [2.24, 2.45) is 0 Å². The number of benzene rings is 1. The summed E-state index contributed by atoms with van der Waals surface area (Å²) in [6.07, 6.45) is 0. The number of rotatable bonds is 4. The van der Waals surface area contributed by atoms with Crippen LogP contribution in [-0.2, 0) is 14.4 Å². The van der Waals surface area contributed by atoms with Crippen molar-refractivity contribution in [3.05, 3.63) is 30.1 Å². The summed E-state index contributed by atoms with van der Waals surface area (Å²) in [5, 5.41) is 0. The van der Waals surface area contributed by atoms with E-state index in [4.69, 9.17) is 0 Å². The van der Waals surface area contributed by atoms with Crippen LogP contribution in [0.5, 0.6) is 0 Å². The number of anilines is 1. The summed E-state index contributed by atoms with van der Waals surface area (Å²) in [6, 6.07) is 5.66. The van der Waals surface area contributed by atoms with Gasteiger partial charge in [-0.3, -0.25) is 19.3 Å². The van der Waals surface area contributed by atoms with Crippen LogP contribution in [0.1, 0.15) is 6.92 Å². The van der Waals surface area contributed by atoms with Crippen LogP contribution in [0.3, 0.4) is 0 Å². The number of amides is 5. The molecule has 0 N–H and O–H groups in total. The first-order chi connectivity index (χ1) is 12.4. The van der Waals surface area contributed by atoms with E-state index in [9.17, 15) is 23.6 Å². The van der Waals surface area contributed by atoms with Crippen LogP contribution in [0, 0.1) is 5.82 Å². The van der Waals surface area contributed by atoms with E-state index in [0.29, 0.717) is 36.8 Å². The molecule has 9 heteroatoms. The van der Waals surface area contributed by atoms with Crippen molar-refractivity contribution in [2.75, 3.05) is 44.2 Å². The van der Waals surface area contributed by atoms with Crippen LogP contribution < -0.4 is 4.90 Å². The molecule has 8 nitrogen and oxygen atoms in total. The lowest BCUT2D eigenvalue weighted by molar-refractivity contribution is -0.144. The molecule has 1 aromatic carbocycles. The Hall–Kier alpha value is -2.97. The summed E-state index contributed by atoms with van der Waals surface area (Å²) in [5.74, 6) is -2.62. The van der Waals surface area contributed by atoms with Crippen molar-refractivity contribution >= 4 is 29.4 Å². The zero-order valence-corrected chi connectivity index (χ0v) is 14.4. The average molecular weight is 362 g/mol. The van der Waals surface area contributed by atoms with Crippen molar-refractivity contribution < 1.29 is 23.6 Å². The zero-order valence-electron chi connectivity index (χ0n) is 14.4. The normalized spacial score (nSPS) is 18.2. The van der Waals surface area contributed by atoms with Gasteiger partial charge in [0.25, 0.3) is 0 Å². The molecule has 2 aliphatic rings. The van der Waals surface area contributed by atoms with Crippen molar-refractivity contribution in [3.63, 3.8) is 0 Å². The van der Waals surface area contributed by atoms with Crippen molar-refractivity contribution in [2.45, 2.75) is 6.92 Å². The first-order valence-corrected chi connectivity index (χ1v) is 8.38. The minimum atomic E-state index is -0.977. The summed E-state index contributed by atoms with van der Waals surface area (Å²) in [7, 11) is 0. The second-order valence-electron chi connectivity index (χ2n) is 6.04. The Morgan fingerprint density at radius 3 is 2.19 bits per heavy atom. The third-order valence-electron chi connectivity index (χ3n) is 4.57. The van der Waals surface area contributed by atoms with Gasteiger partial charge in [-0.05, 0) is 19.1 Å². The molecule has 2 saturated heterocycles. The predicted octanol–water partition coefficient (Wildman–Crippen LogP) is 0.285. The summed E-state index contributed by atoms with van der Waals surface area (Å²) in [4.78, 5) is 52.9. The largest absolute Gasteiger partial charge is 0.366 e. The molecule has 0 bridgehead atoms. The fourth-order valence-electron chi connectivity index (χ4n) is 3.11. The van der Waals surface area contributed by atoms with Crippen LogP contribution in [0.25, 0.3) is 0 Å². The van der Waals surface area contributed by atoms with Gasteiger partial charge in [-0.1, -0.05) is 12.1 Å². The third kappa shape index (κ3) is 3.12. The number of carbonyl (C=O) groups excluding carboxylic acids is 4. The van der Waals surface area contributed by atoms with E-state index in [-0.39, 0.29) is 12.4 Å². The average Bonchev–Trinajstić information content (AvgIpc) is 2.85. The number of hydrogen-bond acceptors (Lipinski definition) is 5. The molecule has 2 fully saturated rings. The molecule has 0 atom stereocenters. The fraction of sp³-hybridized carbons (Fsp3) is 0.412. The number of urea groups is 1. The Morgan fingerprint density at radius 2 is 1.62 bits per heavy atom. The van der Waals surface area contributed by atoms with Crippen LogP contribution in [0.2, 0.25) is 0 Å². The number of halogens is 1. The number of likely N-dealkylation sites (N-methyl/N-ethyl adjacent to an activating group) is 1. The highest BCUT2D eigenvalue weighted by Gasteiger charge is 2.44. The van der Waals surface area contributed by atoms with Crippen molar-refractivity contribution in [3.8, 4) is 0 Å². The molecule has 2 heterocycles. The van der Waals surface area contributed by atoms with Gasteiger partial charge in [0.2, 0.25) is 5.91 Å². The molecule has 2 aliphatic heterocycles. The maximum Gasteiger partial charge on any atom is 0.334 e. The van der Waals surface area contributed by atoms with Gasteiger partial charge in [-0.2, -0.15) is 0 Å². The number of piperazine rings is 1. The van der Waals surface area contributed by atoms with Crippen LogP contribution in [-0.4, -0.2) is 77.7 Å². The molecule has 0 aromatic heterocycles. The van der Waals surface area contributed by atoms with Gasteiger partial charge in [-0.25, -0.2) is 14.1 Å². The highest BCUT2D eigenvalue weighted by molar-refractivity contribution is 6.45. The number of imide groups is 2. The minimum Gasteiger partial charge on any atom is -0.366 e. The van der Waals surface area contributed by atoms with Gasteiger partial charge < -0.3 is 9.80 Å². The van der Waals surface area contributed by atoms with E-state index in [1.165, 1.54) is 11.0 Å². The smallest absolute Gasteiger partial charge is 0.334 e. The molecule has 0 spiro atoms. The van der Waals surface area contributed by atoms with Crippen molar-refractivity contribution in [1.29, 1.82) is 0 Å². The lowest BCUT2D eigenvalue weighted by atomic mass is 10.2. The van der Waals surface area contributed by atoms with Gasteiger partial charge in [0, 0.05) is 32.7 Å². The van der Waals surface area contributed by atoms with Crippen LogP contribution >= 0.6 is 0 Å². The topological polar surface area (TPSA) is 81.2 Å². The molecule has 0 aliphatic carbocycles. The lowest BCUT2D eigenvalue weighted by Gasteiger charge is -2.36. The zero-order chi connectivity index (χ0) is 18.8. The van der Waals surface area contributed by atoms with E-state index in [0.717, 1.165) is 4.90 Å². The van der Waals surface area contributed by atoms with Crippen LogP contribution in [0.15, 0.2) is 24.3 Å². The number of para-hydroxylation sites is 1. The van der Waals surface area contributed by atoms with Gasteiger partial charge >= 0.3 is 17.8 Å². The van der Waals surface area contributed by atoms with E-state index in [1.807, 2.05) is 4.90 Å². The van der Waals surface area contributed by atoms with Crippen molar-refractivity contribution in [1.82, 2.24) is 14.7 Å². The highest BCUT2D eigenvalue weighted by atomic mass is 19.1. The summed E-state index contributed by atoms with van der Waals surface area (Å²) < 4.78 is 13.9. The quantitative estimate of drug-likeness (QED) is 0.568. The Morgan fingerprint density at radius 1 is 1.00 bits per heavy atom. The number of carbonyl (C=O) groups is 4. The molecule has 0 radical (unpaired) electrons. The first-order valence-electron chi connectivity index (χ1n) is 8.38. The Kier molecular flexibility index (Phi) is 4.88. The lowest BCUT2D eigenvalue weighted by Crippen LogP contribution is -2.52. The van der Waals surface area contributed by atoms with E-state index in [1.54, 1.807) is 25.1 Å². The first kappa shape index (κ1) is 17.8. The maximum absolute atomic E-state index is 13.9. The van der Waals surface area contributed by atoms with E-state index in [2.05, 4.69) is 0 Å². The Balaban J connectivity index is 1.59. The SMILES string of the molecule is CCN1C(=O)C(=O)N(CC(=O)N2CCN(c3ccccc3F)CC2)C1=O. The minimum absolute atomic E-state index is 0.0788. The molecule has 26 heavy (non-hydrogen) atoms. The summed E-state index contributed by atoms with van der Waals surface area (Å²) >= 11 is 0. The maximum atomic E-state index is 13.9. The van der Waals surface area contributed by atoms with E-state index < -0.39 is 30.3 Å². The molecule has 0 saturated carbocycles. The number of hydrogen-bond donors (Lipinski definition) is 0. The number of nitrogens with zero attached hydrogens (tertiary/aromatic N) is 4. The summed E-state index contributed by atoms with van der Waals surface area (Å²) in [6.45, 7) is 2.76. The molecule has 0 unspecified atom stereocenters. The summed E-state index contributed by atoms with van der Waals surface area (Å²) in [5.41, 5.74) is 0.480. The predicted molar refractivity (Wildman–Crippen MR) is 89.7 cm³/mol.